The number of likely N-dealkylation sites (tertiary alicyclic amines) is 1. The van der Waals surface area contributed by atoms with Crippen LogP contribution in [0, 0.1) is 0 Å². The third kappa shape index (κ3) is 3.14. The lowest BCUT2D eigenvalue weighted by atomic mass is 10.1. The summed E-state index contributed by atoms with van der Waals surface area (Å²) in [6.45, 7) is 2.46. The Kier molecular flexibility index (Phi) is 4.44. The van der Waals surface area contributed by atoms with Gasteiger partial charge in [0.25, 0.3) is 0 Å². The number of halogens is 1. The van der Waals surface area contributed by atoms with Crippen LogP contribution in [0.4, 0.5) is 0 Å². The molecule has 0 spiro atoms. The van der Waals surface area contributed by atoms with E-state index in [9.17, 15) is 4.79 Å². The molecule has 1 atom stereocenters. The van der Waals surface area contributed by atoms with Gasteiger partial charge in [0.1, 0.15) is 0 Å². The molecule has 1 aromatic carbocycles. The fourth-order valence-corrected chi connectivity index (χ4v) is 3.27. The second kappa shape index (κ2) is 6.49. The summed E-state index contributed by atoms with van der Waals surface area (Å²) in [5, 5.41) is 0.765. The monoisotopic (exact) mass is 314 g/mol. The molecule has 1 amide bonds. The first-order chi connectivity index (χ1) is 10.6. The highest BCUT2D eigenvalue weighted by Gasteiger charge is 2.28. The van der Waals surface area contributed by atoms with Gasteiger partial charge < -0.3 is 4.90 Å². The van der Waals surface area contributed by atoms with Gasteiger partial charge in [-0.05, 0) is 36.6 Å². The molecule has 1 aliphatic heterocycles. The van der Waals surface area contributed by atoms with E-state index in [1.165, 1.54) is 0 Å². The highest BCUT2D eigenvalue weighted by Crippen LogP contribution is 2.31. The van der Waals surface area contributed by atoms with Crippen molar-refractivity contribution in [2.24, 2.45) is 0 Å². The van der Waals surface area contributed by atoms with Crippen LogP contribution >= 0.6 is 11.6 Å². The standard InChI is InChI=1S/C18H19ClN2O/c1-13(22)21-11-5-10-18(21)17-9-4-7-15(20-17)12-14-6-2-3-8-16(14)19/h2-4,6-9,18H,5,10-12H2,1H3. The van der Waals surface area contributed by atoms with E-state index in [1.54, 1.807) is 6.92 Å². The molecule has 1 aromatic heterocycles. The van der Waals surface area contributed by atoms with E-state index in [0.717, 1.165) is 41.4 Å². The summed E-state index contributed by atoms with van der Waals surface area (Å²) >= 11 is 6.23. The van der Waals surface area contributed by atoms with Crippen LogP contribution in [0.3, 0.4) is 0 Å². The molecular weight excluding hydrogens is 296 g/mol. The quantitative estimate of drug-likeness (QED) is 0.857. The van der Waals surface area contributed by atoms with E-state index in [0.29, 0.717) is 6.42 Å². The second-order valence-corrected chi connectivity index (χ2v) is 6.10. The first kappa shape index (κ1) is 15.0. The molecule has 1 saturated heterocycles. The fourth-order valence-electron chi connectivity index (χ4n) is 3.07. The smallest absolute Gasteiger partial charge is 0.220 e. The van der Waals surface area contributed by atoms with Gasteiger partial charge in [-0.25, -0.2) is 0 Å². The van der Waals surface area contributed by atoms with E-state index in [2.05, 4.69) is 0 Å². The average molecular weight is 315 g/mol. The third-order valence-electron chi connectivity index (χ3n) is 4.16. The highest BCUT2D eigenvalue weighted by molar-refractivity contribution is 6.31. The van der Waals surface area contributed by atoms with Crippen molar-refractivity contribution in [1.82, 2.24) is 9.88 Å². The van der Waals surface area contributed by atoms with Gasteiger partial charge in [0, 0.05) is 30.6 Å². The molecule has 0 saturated carbocycles. The van der Waals surface area contributed by atoms with Crippen molar-refractivity contribution in [3.8, 4) is 0 Å². The maximum atomic E-state index is 11.7. The molecule has 1 aliphatic rings. The molecule has 3 nitrogen and oxygen atoms in total. The number of hydrogen-bond donors (Lipinski definition) is 0. The summed E-state index contributed by atoms with van der Waals surface area (Å²) in [5.41, 5.74) is 3.04. The van der Waals surface area contributed by atoms with Gasteiger partial charge in [0.05, 0.1) is 11.7 Å². The van der Waals surface area contributed by atoms with Gasteiger partial charge in [-0.15, -0.1) is 0 Å². The van der Waals surface area contributed by atoms with Crippen molar-refractivity contribution in [3.63, 3.8) is 0 Å². The summed E-state index contributed by atoms with van der Waals surface area (Å²) in [5.74, 6) is 0.126. The van der Waals surface area contributed by atoms with Crippen molar-refractivity contribution >= 4 is 17.5 Å². The molecule has 2 heterocycles. The second-order valence-electron chi connectivity index (χ2n) is 5.69. The molecule has 0 bridgehead atoms. The number of amides is 1. The van der Waals surface area contributed by atoms with Crippen LogP contribution in [0.25, 0.3) is 0 Å². The first-order valence-electron chi connectivity index (χ1n) is 7.61. The number of carbonyl (C=O) groups is 1. The van der Waals surface area contributed by atoms with Gasteiger partial charge >= 0.3 is 0 Å². The fraction of sp³-hybridized carbons (Fsp3) is 0.333. The number of hydrogen-bond acceptors (Lipinski definition) is 2. The molecule has 22 heavy (non-hydrogen) atoms. The average Bonchev–Trinajstić information content (AvgIpc) is 3.00. The van der Waals surface area contributed by atoms with Gasteiger partial charge in [0.15, 0.2) is 0 Å². The maximum Gasteiger partial charge on any atom is 0.220 e. The normalized spacial score (nSPS) is 17.7. The van der Waals surface area contributed by atoms with E-state index in [4.69, 9.17) is 16.6 Å². The molecule has 4 heteroatoms. The number of aromatic nitrogens is 1. The minimum absolute atomic E-state index is 0.115. The molecular formula is C18H19ClN2O. The predicted octanol–water partition coefficient (Wildman–Crippen LogP) is 4.01. The van der Waals surface area contributed by atoms with Gasteiger partial charge in [-0.2, -0.15) is 0 Å². The molecule has 0 radical (unpaired) electrons. The Morgan fingerprint density at radius 2 is 2.09 bits per heavy atom. The SMILES string of the molecule is CC(=O)N1CCCC1c1cccc(Cc2ccccc2Cl)n1. The van der Waals surface area contributed by atoms with Gasteiger partial charge in [-0.1, -0.05) is 35.9 Å². The Morgan fingerprint density at radius 1 is 1.27 bits per heavy atom. The lowest BCUT2D eigenvalue weighted by Gasteiger charge is -2.23. The molecule has 2 aromatic rings. The van der Waals surface area contributed by atoms with Crippen molar-refractivity contribution in [3.05, 3.63) is 64.4 Å². The Hall–Kier alpha value is -1.87. The molecule has 0 N–H and O–H groups in total. The summed E-state index contributed by atoms with van der Waals surface area (Å²) < 4.78 is 0. The van der Waals surface area contributed by atoms with Crippen molar-refractivity contribution in [2.75, 3.05) is 6.54 Å². The van der Waals surface area contributed by atoms with Crippen molar-refractivity contribution in [1.29, 1.82) is 0 Å². The Labute approximate surface area is 135 Å². The molecule has 1 fully saturated rings. The minimum atomic E-state index is 0.115. The lowest BCUT2D eigenvalue weighted by molar-refractivity contribution is -0.129. The summed E-state index contributed by atoms with van der Waals surface area (Å²) in [6.07, 6.45) is 2.74. The molecule has 114 valence electrons. The van der Waals surface area contributed by atoms with Crippen LogP contribution in [0.15, 0.2) is 42.5 Å². The minimum Gasteiger partial charge on any atom is -0.334 e. The van der Waals surface area contributed by atoms with E-state index < -0.39 is 0 Å². The number of pyridine rings is 1. The zero-order chi connectivity index (χ0) is 15.5. The van der Waals surface area contributed by atoms with Crippen LogP contribution in [0.1, 0.15) is 42.8 Å². The predicted molar refractivity (Wildman–Crippen MR) is 87.9 cm³/mol. The number of nitrogens with zero attached hydrogens (tertiary/aromatic N) is 2. The van der Waals surface area contributed by atoms with Crippen LogP contribution in [0.5, 0.6) is 0 Å². The first-order valence-corrected chi connectivity index (χ1v) is 7.99. The zero-order valence-electron chi connectivity index (χ0n) is 12.6. The van der Waals surface area contributed by atoms with E-state index in [-0.39, 0.29) is 11.9 Å². The highest BCUT2D eigenvalue weighted by atomic mass is 35.5. The summed E-state index contributed by atoms with van der Waals surface area (Å²) in [4.78, 5) is 18.4. The van der Waals surface area contributed by atoms with Crippen LogP contribution < -0.4 is 0 Å². The van der Waals surface area contributed by atoms with Crippen molar-refractivity contribution < 1.29 is 4.79 Å². The largest absolute Gasteiger partial charge is 0.334 e. The van der Waals surface area contributed by atoms with E-state index in [1.807, 2.05) is 47.4 Å². The Bertz CT molecular complexity index is 686. The summed E-state index contributed by atoms with van der Waals surface area (Å²) in [6, 6.07) is 14.0. The topological polar surface area (TPSA) is 33.2 Å². The zero-order valence-corrected chi connectivity index (χ0v) is 13.4. The number of benzene rings is 1. The lowest BCUT2D eigenvalue weighted by Crippen LogP contribution is -2.28. The number of rotatable bonds is 3. The van der Waals surface area contributed by atoms with E-state index >= 15 is 0 Å². The Morgan fingerprint density at radius 3 is 2.86 bits per heavy atom. The number of carbonyl (C=O) groups excluding carboxylic acids is 1. The van der Waals surface area contributed by atoms with Crippen molar-refractivity contribution in [2.45, 2.75) is 32.2 Å². The molecule has 1 unspecified atom stereocenters. The Balaban J connectivity index is 1.84. The molecule has 3 rings (SSSR count). The molecule has 0 aliphatic carbocycles. The van der Waals surface area contributed by atoms with Crippen LogP contribution in [-0.2, 0) is 11.2 Å². The third-order valence-corrected chi connectivity index (χ3v) is 4.53. The van der Waals surface area contributed by atoms with Crippen LogP contribution in [0.2, 0.25) is 5.02 Å². The maximum absolute atomic E-state index is 11.7. The van der Waals surface area contributed by atoms with Crippen LogP contribution in [-0.4, -0.2) is 22.3 Å². The van der Waals surface area contributed by atoms with Gasteiger partial charge in [0.2, 0.25) is 5.91 Å². The summed E-state index contributed by atoms with van der Waals surface area (Å²) in [7, 11) is 0. The van der Waals surface area contributed by atoms with Gasteiger partial charge in [-0.3, -0.25) is 9.78 Å².